The molecule has 27 heavy (non-hydrogen) atoms. The Labute approximate surface area is 160 Å². The minimum absolute atomic E-state index is 0.0436. The van der Waals surface area contributed by atoms with E-state index in [9.17, 15) is 13.2 Å². The number of primary sulfonamides is 1. The van der Waals surface area contributed by atoms with Crippen molar-refractivity contribution < 1.29 is 13.2 Å². The van der Waals surface area contributed by atoms with Crippen LogP contribution in [-0.2, 0) is 27.8 Å². The van der Waals surface area contributed by atoms with Gasteiger partial charge in [0.25, 0.3) is 0 Å². The summed E-state index contributed by atoms with van der Waals surface area (Å²) in [6, 6.07) is 14.3. The number of nitrogens with one attached hydrogen (secondary N) is 2. The molecule has 2 aromatic carbocycles. The molecule has 0 aliphatic heterocycles. The zero-order chi connectivity index (χ0) is 19.4. The molecule has 2 atom stereocenters. The first kappa shape index (κ1) is 19.5. The number of fused-ring (bicyclic) bond motifs is 1. The van der Waals surface area contributed by atoms with Gasteiger partial charge in [-0.2, -0.15) is 0 Å². The van der Waals surface area contributed by atoms with Crippen molar-refractivity contribution in [1.82, 2.24) is 10.6 Å². The van der Waals surface area contributed by atoms with E-state index in [1.807, 2.05) is 19.1 Å². The van der Waals surface area contributed by atoms with Crippen LogP contribution in [0, 0.1) is 0 Å². The Bertz CT molecular complexity index is 910. The maximum Gasteiger partial charge on any atom is 0.238 e. The SMILES string of the molecule is CC(NCc1ccc(S(N)(=O)=O)cc1)C(=O)NC1CCCc2ccccc21. The lowest BCUT2D eigenvalue weighted by molar-refractivity contribution is -0.123. The third-order valence-corrected chi connectivity index (χ3v) is 5.87. The molecule has 7 heteroatoms. The van der Waals surface area contributed by atoms with Crippen LogP contribution >= 0.6 is 0 Å². The molecule has 0 fully saturated rings. The van der Waals surface area contributed by atoms with Crippen molar-refractivity contribution in [2.75, 3.05) is 0 Å². The molecule has 6 nitrogen and oxygen atoms in total. The van der Waals surface area contributed by atoms with Gasteiger partial charge in [-0.25, -0.2) is 13.6 Å². The molecule has 1 aliphatic carbocycles. The topological polar surface area (TPSA) is 101 Å². The lowest BCUT2D eigenvalue weighted by Gasteiger charge is -2.27. The molecule has 0 radical (unpaired) electrons. The summed E-state index contributed by atoms with van der Waals surface area (Å²) in [6.45, 7) is 2.28. The van der Waals surface area contributed by atoms with Crippen LogP contribution in [0.2, 0.25) is 0 Å². The highest BCUT2D eigenvalue weighted by atomic mass is 32.2. The minimum atomic E-state index is -3.69. The highest BCUT2D eigenvalue weighted by Gasteiger charge is 2.23. The zero-order valence-electron chi connectivity index (χ0n) is 15.3. The summed E-state index contributed by atoms with van der Waals surface area (Å²) in [4.78, 5) is 12.6. The highest BCUT2D eigenvalue weighted by Crippen LogP contribution is 2.29. The Balaban J connectivity index is 1.56. The molecule has 2 unspecified atom stereocenters. The number of aryl methyl sites for hydroxylation is 1. The number of carbonyl (C=O) groups excluding carboxylic acids is 1. The zero-order valence-corrected chi connectivity index (χ0v) is 16.1. The average molecular weight is 388 g/mol. The van der Waals surface area contributed by atoms with Crippen molar-refractivity contribution in [2.45, 2.75) is 49.7 Å². The van der Waals surface area contributed by atoms with Crippen LogP contribution in [0.5, 0.6) is 0 Å². The standard InChI is InChI=1S/C20H25N3O3S/c1-14(22-13-15-9-11-17(12-10-15)27(21,25)26)20(24)23-19-8-4-6-16-5-2-3-7-18(16)19/h2-3,5,7,9-12,14,19,22H,4,6,8,13H2,1H3,(H,23,24)(H2,21,25,26). The molecule has 1 amide bonds. The number of hydrogen-bond acceptors (Lipinski definition) is 4. The van der Waals surface area contributed by atoms with Crippen LogP contribution < -0.4 is 15.8 Å². The van der Waals surface area contributed by atoms with Crippen molar-refractivity contribution in [3.63, 3.8) is 0 Å². The number of carbonyl (C=O) groups is 1. The minimum Gasteiger partial charge on any atom is -0.348 e. The number of hydrogen-bond donors (Lipinski definition) is 3. The van der Waals surface area contributed by atoms with Crippen LogP contribution in [0.4, 0.5) is 0 Å². The summed E-state index contributed by atoms with van der Waals surface area (Å²) in [6.07, 6.45) is 3.08. The van der Waals surface area contributed by atoms with Crippen molar-refractivity contribution in [3.05, 3.63) is 65.2 Å². The number of amides is 1. The largest absolute Gasteiger partial charge is 0.348 e. The summed E-state index contributed by atoms with van der Waals surface area (Å²) >= 11 is 0. The van der Waals surface area contributed by atoms with Gasteiger partial charge in [-0.3, -0.25) is 4.79 Å². The lowest BCUT2D eigenvalue weighted by atomic mass is 9.87. The van der Waals surface area contributed by atoms with Crippen LogP contribution in [0.1, 0.15) is 42.5 Å². The smallest absolute Gasteiger partial charge is 0.238 e. The van der Waals surface area contributed by atoms with Crippen LogP contribution in [-0.4, -0.2) is 20.4 Å². The molecule has 0 heterocycles. The predicted octanol–water partition coefficient (Wildman–Crippen LogP) is 2.01. The van der Waals surface area contributed by atoms with Crippen molar-refractivity contribution in [2.24, 2.45) is 5.14 Å². The molecular formula is C20H25N3O3S. The molecule has 0 saturated carbocycles. The summed E-state index contributed by atoms with van der Waals surface area (Å²) in [5.41, 5.74) is 3.40. The van der Waals surface area contributed by atoms with E-state index >= 15 is 0 Å². The first-order valence-electron chi connectivity index (χ1n) is 9.08. The van der Waals surface area contributed by atoms with Gasteiger partial charge < -0.3 is 10.6 Å². The number of nitrogens with two attached hydrogens (primary N) is 1. The second-order valence-corrected chi connectivity index (χ2v) is 8.51. The summed E-state index contributed by atoms with van der Waals surface area (Å²) < 4.78 is 22.6. The maximum absolute atomic E-state index is 12.6. The van der Waals surface area contributed by atoms with E-state index in [2.05, 4.69) is 22.8 Å². The van der Waals surface area contributed by atoms with Crippen molar-refractivity contribution in [1.29, 1.82) is 0 Å². The highest BCUT2D eigenvalue weighted by molar-refractivity contribution is 7.89. The van der Waals surface area contributed by atoms with Gasteiger partial charge in [0.2, 0.25) is 15.9 Å². The van der Waals surface area contributed by atoms with Crippen LogP contribution in [0.25, 0.3) is 0 Å². The molecule has 0 aromatic heterocycles. The Morgan fingerprint density at radius 1 is 1.19 bits per heavy atom. The predicted molar refractivity (Wildman–Crippen MR) is 104 cm³/mol. The number of sulfonamides is 1. The van der Waals surface area contributed by atoms with E-state index in [4.69, 9.17) is 5.14 Å². The van der Waals surface area contributed by atoms with E-state index < -0.39 is 10.0 Å². The number of benzene rings is 2. The molecule has 0 spiro atoms. The third kappa shape index (κ3) is 4.94. The van der Waals surface area contributed by atoms with Crippen LogP contribution in [0.15, 0.2) is 53.4 Å². The fourth-order valence-corrected chi connectivity index (χ4v) is 3.88. The molecular weight excluding hydrogens is 362 g/mol. The Kier molecular flexibility index (Phi) is 5.94. The van der Waals surface area contributed by atoms with Gasteiger partial charge in [0.15, 0.2) is 0 Å². The number of rotatable bonds is 6. The van der Waals surface area contributed by atoms with Gasteiger partial charge in [0.1, 0.15) is 0 Å². The molecule has 0 bridgehead atoms. The van der Waals surface area contributed by atoms with E-state index in [0.29, 0.717) is 6.54 Å². The average Bonchev–Trinajstić information content (AvgIpc) is 2.66. The van der Waals surface area contributed by atoms with Gasteiger partial charge in [-0.1, -0.05) is 36.4 Å². The van der Waals surface area contributed by atoms with Crippen molar-refractivity contribution in [3.8, 4) is 0 Å². The monoisotopic (exact) mass is 387 g/mol. The third-order valence-electron chi connectivity index (χ3n) is 4.94. The summed E-state index contributed by atoms with van der Waals surface area (Å²) in [5.74, 6) is -0.0436. The van der Waals surface area contributed by atoms with Gasteiger partial charge >= 0.3 is 0 Å². The summed E-state index contributed by atoms with van der Waals surface area (Å²) in [7, 11) is -3.69. The first-order chi connectivity index (χ1) is 12.8. The Hall–Kier alpha value is -2.22. The van der Waals surface area contributed by atoms with E-state index in [1.165, 1.54) is 23.3 Å². The second-order valence-electron chi connectivity index (χ2n) is 6.94. The fourth-order valence-electron chi connectivity index (χ4n) is 3.36. The second kappa shape index (κ2) is 8.21. The van der Waals surface area contributed by atoms with Gasteiger partial charge in [0.05, 0.1) is 17.0 Å². The lowest BCUT2D eigenvalue weighted by Crippen LogP contribution is -2.43. The summed E-state index contributed by atoms with van der Waals surface area (Å²) in [5, 5.41) is 11.4. The fraction of sp³-hybridized carbons (Fsp3) is 0.350. The molecule has 1 aliphatic rings. The normalized spacial score (nSPS) is 17.8. The van der Waals surface area contributed by atoms with E-state index in [1.54, 1.807) is 12.1 Å². The molecule has 0 saturated heterocycles. The van der Waals surface area contributed by atoms with Gasteiger partial charge in [-0.15, -0.1) is 0 Å². The molecule has 4 N–H and O–H groups in total. The Morgan fingerprint density at radius 3 is 2.59 bits per heavy atom. The van der Waals surface area contributed by atoms with E-state index in [0.717, 1.165) is 24.8 Å². The molecule has 3 rings (SSSR count). The molecule has 144 valence electrons. The molecule has 2 aromatic rings. The van der Waals surface area contributed by atoms with E-state index in [-0.39, 0.29) is 22.9 Å². The maximum atomic E-state index is 12.6. The Morgan fingerprint density at radius 2 is 1.89 bits per heavy atom. The quantitative estimate of drug-likeness (QED) is 0.706. The van der Waals surface area contributed by atoms with Gasteiger partial charge in [0, 0.05) is 6.54 Å². The van der Waals surface area contributed by atoms with Crippen LogP contribution in [0.3, 0.4) is 0 Å². The van der Waals surface area contributed by atoms with Gasteiger partial charge in [-0.05, 0) is 55.0 Å². The van der Waals surface area contributed by atoms with Crippen molar-refractivity contribution >= 4 is 15.9 Å². The first-order valence-corrected chi connectivity index (χ1v) is 10.6.